The number of rotatable bonds is 5. The summed E-state index contributed by atoms with van der Waals surface area (Å²) in [6.07, 6.45) is 0. The lowest BCUT2D eigenvalue weighted by molar-refractivity contribution is -0.119. The molecule has 2 amide bonds. The molecule has 0 aliphatic heterocycles. The van der Waals surface area contributed by atoms with Crippen molar-refractivity contribution >= 4 is 55.5 Å². The summed E-state index contributed by atoms with van der Waals surface area (Å²) in [6.45, 7) is 2.00. The number of aromatic nitrogens is 1. The summed E-state index contributed by atoms with van der Waals surface area (Å²) < 4.78 is 0.741. The molecule has 3 aromatic rings. The second kappa shape index (κ2) is 7.90. The van der Waals surface area contributed by atoms with Crippen LogP contribution in [0.2, 0.25) is 0 Å². The summed E-state index contributed by atoms with van der Waals surface area (Å²) in [5.41, 5.74) is 1.37. The molecule has 1 aromatic carbocycles. The number of halogens is 1. The average molecular weight is 436 g/mol. The zero-order valence-corrected chi connectivity index (χ0v) is 16.4. The maximum Gasteiger partial charge on any atom is 0.258 e. The molecule has 0 saturated carbocycles. The molecule has 0 saturated heterocycles. The standard InChI is InChI=1S/C17H14BrN3O2S2/c1-10(22)19-8-11-6-7-15(25-11)14-9-24-17(20-14)21-16(23)12-4-2-3-5-13(12)18/h2-7,9H,8H2,1H3,(H,19,22)(H,20,21,23). The molecule has 0 bridgehead atoms. The molecule has 5 nitrogen and oxygen atoms in total. The molecule has 2 aromatic heterocycles. The van der Waals surface area contributed by atoms with Crippen LogP contribution in [0.3, 0.4) is 0 Å². The van der Waals surface area contributed by atoms with Crippen molar-refractivity contribution in [2.24, 2.45) is 0 Å². The van der Waals surface area contributed by atoms with E-state index in [2.05, 4.69) is 31.5 Å². The molecule has 0 atom stereocenters. The number of carbonyl (C=O) groups is 2. The van der Waals surface area contributed by atoms with E-state index in [1.807, 2.05) is 35.7 Å². The van der Waals surface area contributed by atoms with E-state index in [1.54, 1.807) is 17.4 Å². The summed E-state index contributed by atoms with van der Waals surface area (Å²) in [5.74, 6) is -0.258. The number of thiazole rings is 1. The highest BCUT2D eigenvalue weighted by atomic mass is 79.9. The van der Waals surface area contributed by atoms with Crippen LogP contribution in [0.1, 0.15) is 22.2 Å². The van der Waals surface area contributed by atoms with Crippen molar-refractivity contribution in [2.45, 2.75) is 13.5 Å². The highest BCUT2D eigenvalue weighted by Gasteiger charge is 2.13. The van der Waals surface area contributed by atoms with Crippen LogP contribution in [-0.2, 0) is 11.3 Å². The smallest absolute Gasteiger partial charge is 0.258 e. The third-order valence-corrected chi connectivity index (χ3v) is 5.83. The summed E-state index contributed by atoms with van der Waals surface area (Å²) in [6, 6.07) is 11.2. The lowest BCUT2D eigenvalue weighted by Crippen LogP contribution is -2.17. The van der Waals surface area contributed by atoms with Gasteiger partial charge in [-0.15, -0.1) is 22.7 Å². The molecule has 0 radical (unpaired) electrons. The van der Waals surface area contributed by atoms with E-state index in [4.69, 9.17) is 0 Å². The van der Waals surface area contributed by atoms with Crippen molar-refractivity contribution in [3.8, 4) is 10.6 Å². The Morgan fingerprint density at radius 3 is 2.76 bits per heavy atom. The van der Waals surface area contributed by atoms with Crippen LogP contribution in [0.25, 0.3) is 10.6 Å². The third-order valence-electron chi connectivity index (χ3n) is 3.27. The minimum atomic E-state index is -0.203. The van der Waals surface area contributed by atoms with Gasteiger partial charge in [-0.3, -0.25) is 14.9 Å². The SMILES string of the molecule is CC(=O)NCc1ccc(-c2csc(NC(=O)c3ccccc3Br)n2)s1. The zero-order chi connectivity index (χ0) is 17.8. The van der Waals surface area contributed by atoms with Gasteiger partial charge in [0.2, 0.25) is 5.91 Å². The van der Waals surface area contributed by atoms with Crippen molar-refractivity contribution in [3.05, 3.63) is 56.7 Å². The van der Waals surface area contributed by atoms with Crippen LogP contribution in [0, 0.1) is 0 Å². The van der Waals surface area contributed by atoms with E-state index < -0.39 is 0 Å². The molecule has 2 heterocycles. The maximum absolute atomic E-state index is 12.3. The van der Waals surface area contributed by atoms with Gasteiger partial charge >= 0.3 is 0 Å². The Morgan fingerprint density at radius 2 is 2.00 bits per heavy atom. The van der Waals surface area contributed by atoms with E-state index in [-0.39, 0.29) is 11.8 Å². The Balaban J connectivity index is 1.69. The molecular weight excluding hydrogens is 422 g/mol. The van der Waals surface area contributed by atoms with Gasteiger partial charge in [-0.1, -0.05) is 12.1 Å². The number of nitrogens with one attached hydrogen (secondary N) is 2. The van der Waals surface area contributed by atoms with Crippen LogP contribution in [-0.4, -0.2) is 16.8 Å². The molecule has 0 unspecified atom stereocenters. The maximum atomic E-state index is 12.3. The van der Waals surface area contributed by atoms with Crippen molar-refractivity contribution in [3.63, 3.8) is 0 Å². The highest BCUT2D eigenvalue weighted by molar-refractivity contribution is 9.10. The fraction of sp³-hybridized carbons (Fsp3) is 0.118. The van der Waals surface area contributed by atoms with Gasteiger partial charge in [0.15, 0.2) is 5.13 Å². The molecule has 8 heteroatoms. The first-order valence-corrected chi connectivity index (χ1v) is 9.87. The number of hydrogen-bond acceptors (Lipinski definition) is 5. The fourth-order valence-electron chi connectivity index (χ4n) is 2.08. The molecular formula is C17H14BrN3O2S2. The van der Waals surface area contributed by atoms with E-state index in [0.29, 0.717) is 17.2 Å². The minimum absolute atomic E-state index is 0.0549. The summed E-state index contributed by atoms with van der Waals surface area (Å²) in [4.78, 5) is 29.8. The summed E-state index contributed by atoms with van der Waals surface area (Å²) in [7, 11) is 0. The third kappa shape index (κ3) is 4.53. The predicted molar refractivity (Wildman–Crippen MR) is 105 cm³/mol. The van der Waals surface area contributed by atoms with E-state index in [9.17, 15) is 9.59 Å². The average Bonchev–Trinajstić information content (AvgIpc) is 3.22. The lowest BCUT2D eigenvalue weighted by Gasteiger charge is -2.03. The van der Waals surface area contributed by atoms with Crippen molar-refractivity contribution in [1.82, 2.24) is 10.3 Å². The first-order valence-electron chi connectivity index (χ1n) is 7.38. The van der Waals surface area contributed by atoms with Crippen LogP contribution >= 0.6 is 38.6 Å². The summed E-state index contributed by atoms with van der Waals surface area (Å²) >= 11 is 6.32. The Bertz CT molecular complexity index is 920. The van der Waals surface area contributed by atoms with E-state index in [1.165, 1.54) is 18.3 Å². The number of benzene rings is 1. The first-order chi connectivity index (χ1) is 12.0. The van der Waals surface area contributed by atoms with Gasteiger partial charge in [0.25, 0.3) is 5.91 Å². The van der Waals surface area contributed by atoms with Crippen molar-refractivity contribution in [1.29, 1.82) is 0 Å². The largest absolute Gasteiger partial charge is 0.351 e. The van der Waals surface area contributed by atoms with Crippen LogP contribution < -0.4 is 10.6 Å². The van der Waals surface area contributed by atoms with Gasteiger partial charge in [0.1, 0.15) is 0 Å². The van der Waals surface area contributed by atoms with E-state index in [0.717, 1.165) is 19.9 Å². The minimum Gasteiger partial charge on any atom is -0.351 e. The molecule has 2 N–H and O–H groups in total. The molecule has 0 aliphatic carbocycles. The topological polar surface area (TPSA) is 71.1 Å². The van der Waals surface area contributed by atoms with Gasteiger partial charge in [-0.2, -0.15) is 0 Å². The number of anilines is 1. The Morgan fingerprint density at radius 1 is 1.20 bits per heavy atom. The number of amides is 2. The summed E-state index contributed by atoms with van der Waals surface area (Å²) in [5, 5.41) is 8.05. The second-order valence-electron chi connectivity index (χ2n) is 5.15. The quantitative estimate of drug-likeness (QED) is 0.618. The monoisotopic (exact) mass is 435 g/mol. The Labute approximate surface area is 161 Å². The van der Waals surface area contributed by atoms with Gasteiger partial charge in [0, 0.05) is 21.7 Å². The van der Waals surface area contributed by atoms with E-state index >= 15 is 0 Å². The van der Waals surface area contributed by atoms with Crippen LogP contribution in [0.15, 0.2) is 46.3 Å². The van der Waals surface area contributed by atoms with Gasteiger partial charge in [-0.25, -0.2) is 4.98 Å². The Hall–Kier alpha value is -2.03. The molecule has 128 valence electrons. The number of carbonyl (C=O) groups excluding carboxylic acids is 2. The molecule has 0 aliphatic rings. The number of thiophene rings is 1. The van der Waals surface area contributed by atoms with Gasteiger partial charge in [0.05, 0.1) is 22.7 Å². The number of nitrogens with zero attached hydrogens (tertiary/aromatic N) is 1. The van der Waals surface area contributed by atoms with Crippen molar-refractivity contribution < 1.29 is 9.59 Å². The van der Waals surface area contributed by atoms with Gasteiger partial charge in [-0.05, 0) is 40.2 Å². The van der Waals surface area contributed by atoms with Crippen LogP contribution in [0.4, 0.5) is 5.13 Å². The number of hydrogen-bond donors (Lipinski definition) is 2. The normalized spacial score (nSPS) is 10.5. The molecule has 3 rings (SSSR count). The van der Waals surface area contributed by atoms with Gasteiger partial charge < -0.3 is 5.32 Å². The zero-order valence-electron chi connectivity index (χ0n) is 13.2. The predicted octanol–water partition coefficient (Wildman–Crippen LogP) is 4.52. The molecule has 0 spiro atoms. The highest BCUT2D eigenvalue weighted by Crippen LogP contribution is 2.31. The lowest BCUT2D eigenvalue weighted by atomic mass is 10.2. The first kappa shape index (κ1) is 17.8. The molecule has 0 fully saturated rings. The second-order valence-corrected chi connectivity index (χ2v) is 8.03. The van der Waals surface area contributed by atoms with Crippen LogP contribution in [0.5, 0.6) is 0 Å². The fourth-order valence-corrected chi connectivity index (χ4v) is 4.23. The van der Waals surface area contributed by atoms with Crippen molar-refractivity contribution in [2.75, 3.05) is 5.32 Å². The Kier molecular flexibility index (Phi) is 5.62. The molecule has 25 heavy (non-hydrogen) atoms.